The third kappa shape index (κ3) is 8.80. The van der Waals surface area contributed by atoms with E-state index < -0.39 is 0 Å². The van der Waals surface area contributed by atoms with Crippen molar-refractivity contribution < 1.29 is 19.0 Å². The van der Waals surface area contributed by atoms with E-state index in [1.54, 1.807) is 36.3 Å². The van der Waals surface area contributed by atoms with Crippen LogP contribution in [0.3, 0.4) is 0 Å². The summed E-state index contributed by atoms with van der Waals surface area (Å²) in [7, 11) is 3.56. The van der Waals surface area contributed by atoms with Crippen LogP contribution >= 0.6 is 11.6 Å². The number of ether oxygens (including phenoxy) is 3. The number of halogens is 1. The van der Waals surface area contributed by atoms with E-state index in [-0.39, 0.29) is 12.1 Å². The molecule has 6 nitrogen and oxygen atoms in total. The van der Waals surface area contributed by atoms with Crippen molar-refractivity contribution in [1.29, 1.82) is 0 Å². The first-order chi connectivity index (χ1) is 14.5. The van der Waals surface area contributed by atoms with Gasteiger partial charge < -0.3 is 24.0 Å². The van der Waals surface area contributed by atoms with E-state index in [0.717, 1.165) is 71.4 Å². The number of amides is 1. The van der Waals surface area contributed by atoms with Crippen molar-refractivity contribution in [3.8, 4) is 5.75 Å². The number of hydrogen-bond donors (Lipinski definition) is 0. The number of rotatable bonds is 12. The highest BCUT2D eigenvalue weighted by molar-refractivity contribution is 6.30. The summed E-state index contributed by atoms with van der Waals surface area (Å²) in [5.41, 5.74) is 0. The molecule has 0 N–H and O–H groups in total. The Morgan fingerprint density at radius 3 is 2.40 bits per heavy atom. The van der Waals surface area contributed by atoms with Crippen LogP contribution in [0.4, 0.5) is 4.79 Å². The molecule has 0 radical (unpaired) electrons. The molecule has 1 aromatic carbocycles. The summed E-state index contributed by atoms with van der Waals surface area (Å²) >= 11 is 5.87. The number of carbonyl (C=O) groups excluding carboxylic acids is 1. The molecule has 0 saturated heterocycles. The second-order valence-electron chi connectivity index (χ2n) is 7.87. The largest absolute Gasteiger partial charge is 0.415 e. The Kier molecular flexibility index (Phi) is 11.5. The minimum absolute atomic E-state index is 0.198. The number of nitrogens with zero attached hydrogens (tertiary/aromatic N) is 2. The predicted octanol–water partition coefficient (Wildman–Crippen LogP) is 4.85. The van der Waals surface area contributed by atoms with Gasteiger partial charge in [-0.3, -0.25) is 0 Å². The quantitative estimate of drug-likeness (QED) is 0.435. The standard InChI is InChI=1S/C23H37ClN2O4/c1-4-26(16-18-28-3)15-5-6-17-29-21-13-9-20(10-14-21)25(2)23(27)30-22-11-7-19(24)8-12-22/h7-8,11-12,20-21H,4-6,9-10,13-18H2,1-3H3/t20-,21-. The highest BCUT2D eigenvalue weighted by Gasteiger charge is 2.27. The van der Waals surface area contributed by atoms with Crippen molar-refractivity contribution in [2.24, 2.45) is 0 Å². The van der Waals surface area contributed by atoms with Crippen LogP contribution in [-0.2, 0) is 9.47 Å². The van der Waals surface area contributed by atoms with E-state index in [4.69, 9.17) is 25.8 Å². The van der Waals surface area contributed by atoms with Gasteiger partial charge in [0.25, 0.3) is 0 Å². The number of hydrogen-bond acceptors (Lipinski definition) is 5. The lowest BCUT2D eigenvalue weighted by Gasteiger charge is -2.34. The van der Waals surface area contributed by atoms with Crippen molar-refractivity contribution in [2.75, 3.05) is 47.0 Å². The van der Waals surface area contributed by atoms with Gasteiger partial charge in [0, 0.05) is 38.4 Å². The van der Waals surface area contributed by atoms with Crippen LogP contribution < -0.4 is 4.74 Å². The number of carbonyl (C=O) groups is 1. The smallest absolute Gasteiger partial charge is 0.410 e. The minimum atomic E-state index is -0.323. The molecule has 0 unspecified atom stereocenters. The van der Waals surface area contributed by atoms with Gasteiger partial charge in [-0.05, 0) is 75.9 Å². The molecule has 7 heteroatoms. The second kappa shape index (κ2) is 13.9. The molecule has 1 aliphatic carbocycles. The third-order valence-corrected chi connectivity index (χ3v) is 6.03. The predicted molar refractivity (Wildman–Crippen MR) is 120 cm³/mol. The van der Waals surface area contributed by atoms with Crippen molar-refractivity contribution in [1.82, 2.24) is 9.80 Å². The fourth-order valence-corrected chi connectivity index (χ4v) is 3.89. The lowest BCUT2D eigenvalue weighted by Crippen LogP contribution is -2.42. The summed E-state index contributed by atoms with van der Waals surface area (Å²) in [5.74, 6) is 0.511. The van der Waals surface area contributed by atoms with Gasteiger partial charge in [0.05, 0.1) is 12.7 Å². The van der Waals surface area contributed by atoms with Crippen LogP contribution in [-0.4, -0.2) is 75.0 Å². The zero-order valence-corrected chi connectivity index (χ0v) is 19.4. The molecule has 1 aliphatic rings. The Balaban J connectivity index is 1.60. The van der Waals surface area contributed by atoms with E-state index in [1.165, 1.54) is 0 Å². The molecule has 0 spiro atoms. The summed E-state index contributed by atoms with van der Waals surface area (Å²) in [4.78, 5) is 16.5. The first kappa shape index (κ1) is 24.9. The van der Waals surface area contributed by atoms with Gasteiger partial charge in [-0.25, -0.2) is 4.79 Å². The summed E-state index contributed by atoms with van der Waals surface area (Å²) in [6.07, 6.45) is 6.06. The second-order valence-corrected chi connectivity index (χ2v) is 8.30. The van der Waals surface area contributed by atoms with E-state index >= 15 is 0 Å². The molecule has 0 atom stereocenters. The highest BCUT2D eigenvalue weighted by atomic mass is 35.5. The summed E-state index contributed by atoms with van der Waals surface area (Å²) < 4.78 is 16.7. The van der Waals surface area contributed by atoms with Gasteiger partial charge in [0.15, 0.2) is 0 Å². The fourth-order valence-electron chi connectivity index (χ4n) is 3.76. The average molecular weight is 441 g/mol. The summed E-state index contributed by atoms with van der Waals surface area (Å²) in [6, 6.07) is 7.04. The number of likely N-dealkylation sites (N-methyl/N-ethyl adjacent to an activating group) is 1. The SMILES string of the molecule is CCN(CCCCO[C@H]1CC[C@H](N(C)C(=O)Oc2ccc(Cl)cc2)CC1)CCOC. The Bertz CT molecular complexity index is 606. The maximum absolute atomic E-state index is 12.4. The molecular formula is C23H37ClN2O4. The van der Waals surface area contributed by atoms with Crippen LogP contribution in [0.5, 0.6) is 5.75 Å². The topological polar surface area (TPSA) is 51.2 Å². The van der Waals surface area contributed by atoms with Crippen molar-refractivity contribution in [2.45, 2.75) is 57.6 Å². The first-order valence-electron chi connectivity index (χ1n) is 11.1. The normalized spacial score (nSPS) is 19.1. The van der Waals surface area contributed by atoms with Crippen LogP contribution in [0.1, 0.15) is 45.4 Å². The minimum Gasteiger partial charge on any atom is -0.410 e. The van der Waals surface area contributed by atoms with E-state index in [9.17, 15) is 4.79 Å². The maximum atomic E-state index is 12.4. The summed E-state index contributed by atoms with van der Waals surface area (Å²) in [6.45, 7) is 6.93. The van der Waals surface area contributed by atoms with Crippen LogP contribution in [0.2, 0.25) is 5.02 Å². The van der Waals surface area contributed by atoms with E-state index in [0.29, 0.717) is 16.9 Å². The number of methoxy groups -OCH3 is 1. The van der Waals surface area contributed by atoms with Gasteiger partial charge in [-0.15, -0.1) is 0 Å². The lowest BCUT2D eigenvalue weighted by atomic mass is 9.92. The molecule has 1 aromatic rings. The Labute approximate surface area is 186 Å². The Morgan fingerprint density at radius 2 is 1.77 bits per heavy atom. The van der Waals surface area contributed by atoms with Crippen molar-refractivity contribution >= 4 is 17.7 Å². The third-order valence-electron chi connectivity index (χ3n) is 5.78. The molecular weight excluding hydrogens is 404 g/mol. The van der Waals surface area contributed by atoms with Crippen LogP contribution in [0, 0.1) is 0 Å². The Hall–Kier alpha value is -1.34. The zero-order valence-electron chi connectivity index (χ0n) is 18.6. The molecule has 0 heterocycles. The number of unbranched alkanes of at least 4 members (excludes halogenated alkanes) is 1. The van der Waals surface area contributed by atoms with Gasteiger partial charge in [-0.2, -0.15) is 0 Å². The van der Waals surface area contributed by atoms with Crippen LogP contribution in [0.15, 0.2) is 24.3 Å². The van der Waals surface area contributed by atoms with Gasteiger partial charge in [0.1, 0.15) is 5.75 Å². The number of benzene rings is 1. The fraction of sp³-hybridized carbons (Fsp3) is 0.696. The maximum Gasteiger partial charge on any atom is 0.415 e. The van der Waals surface area contributed by atoms with Crippen LogP contribution in [0.25, 0.3) is 0 Å². The van der Waals surface area contributed by atoms with Gasteiger partial charge >= 0.3 is 6.09 Å². The molecule has 0 aromatic heterocycles. The molecule has 1 saturated carbocycles. The van der Waals surface area contributed by atoms with Crippen molar-refractivity contribution in [3.05, 3.63) is 29.3 Å². The molecule has 30 heavy (non-hydrogen) atoms. The average Bonchev–Trinajstić information content (AvgIpc) is 2.77. The molecule has 1 fully saturated rings. The monoisotopic (exact) mass is 440 g/mol. The van der Waals surface area contributed by atoms with Crippen molar-refractivity contribution in [3.63, 3.8) is 0 Å². The van der Waals surface area contributed by atoms with Gasteiger partial charge in [0.2, 0.25) is 0 Å². The molecule has 170 valence electrons. The van der Waals surface area contributed by atoms with E-state index in [2.05, 4.69) is 11.8 Å². The molecule has 0 aliphatic heterocycles. The molecule has 0 bridgehead atoms. The Morgan fingerprint density at radius 1 is 1.07 bits per heavy atom. The lowest BCUT2D eigenvalue weighted by molar-refractivity contribution is 0.00981. The van der Waals surface area contributed by atoms with Gasteiger partial charge in [-0.1, -0.05) is 18.5 Å². The van der Waals surface area contributed by atoms with E-state index in [1.807, 2.05) is 7.05 Å². The first-order valence-corrected chi connectivity index (χ1v) is 11.4. The zero-order chi connectivity index (χ0) is 21.8. The molecule has 2 rings (SSSR count). The summed E-state index contributed by atoms with van der Waals surface area (Å²) in [5, 5.41) is 0.621. The highest BCUT2D eigenvalue weighted by Crippen LogP contribution is 2.25. The molecule has 1 amide bonds.